The van der Waals surface area contributed by atoms with Gasteiger partial charge in [-0.3, -0.25) is 14.4 Å². The maximum absolute atomic E-state index is 13.0. The predicted molar refractivity (Wildman–Crippen MR) is 183 cm³/mol. The number of benzene rings is 2. The number of primary amides is 1. The van der Waals surface area contributed by atoms with Crippen molar-refractivity contribution in [2.45, 2.75) is 84.1 Å². The molecule has 4 atom stereocenters. The zero-order chi connectivity index (χ0) is 39.1. The number of phenols is 1. The summed E-state index contributed by atoms with van der Waals surface area (Å²) in [5.74, 6) is -3.24. The number of methoxy groups -OCH3 is 1. The lowest BCUT2D eigenvalue weighted by Crippen LogP contribution is -2.65. The van der Waals surface area contributed by atoms with Crippen LogP contribution in [0.1, 0.15) is 62.0 Å². The number of aliphatic hydroxyl groups is 1. The average Bonchev–Trinajstić information content (AvgIpc) is 3.05. The molecule has 1 aromatic heterocycles. The number of aryl methyl sites for hydroxylation is 1. The van der Waals surface area contributed by atoms with E-state index in [-0.39, 0.29) is 46.4 Å². The third-order valence-electron chi connectivity index (χ3n) is 7.88. The molecule has 0 bridgehead atoms. The second kappa shape index (κ2) is 17.0. The summed E-state index contributed by atoms with van der Waals surface area (Å²) in [6.45, 7) is 8.69. The minimum Gasteiger partial charge on any atom is -0.508 e. The van der Waals surface area contributed by atoms with E-state index in [4.69, 9.17) is 39.3 Å². The first kappa shape index (κ1) is 40.8. The van der Waals surface area contributed by atoms with Crippen LogP contribution in [0.4, 0.5) is 10.5 Å². The topological polar surface area (TPSA) is 275 Å². The van der Waals surface area contributed by atoms with Gasteiger partial charge >= 0.3 is 23.7 Å². The molecule has 4 rings (SSSR count). The number of carboxylic acid groups (broad SMARTS) is 2. The van der Waals surface area contributed by atoms with Crippen molar-refractivity contribution in [3.05, 3.63) is 69.1 Å². The van der Waals surface area contributed by atoms with E-state index in [1.54, 1.807) is 20.8 Å². The second-order valence-electron chi connectivity index (χ2n) is 12.5. The predicted octanol–water partition coefficient (Wildman–Crippen LogP) is 3.56. The van der Waals surface area contributed by atoms with Crippen molar-refractivity contribution in [1.82, 2.24) is 0 Å². The molecule has 1 aliphatic heterocycles. The van der Waals surface area contributed by atoms with E-state index >= 15 is 0 Å². The fourth-order valence-corrected chi connectivity index (χ4v) is 5.28. The van der Waals surface area contributed by atoms with Crippen LogP contribution in [-0.2, 0) is 30.2 Å². The number of nitrogens with one attached hydrogen (secondary N) is 1. The monoisotopic (exact) mass is 730 g/mol. The van der Waals surface area contributed by atoms with Crippen LogP contribution in [0.2, 0.25) is 0 Å². The van der Waals surface area contributed by atoms with Crippen LogP contribution in [0.25, 0.3) is 11.0 Å². The zero-order valence-corrected chi connectivity index (χ0v) is 29.3. The number of phenolic OH excluding ortho intramolecular Hbond substituents is 1. The third-order valence-corrected chi connectivity index (χ3v) is 7.88. The van der Waals surface area contributed by atoms with Crippen LogP contribution < -0.4 is 21.4 Å². The Labute approximate surface area is 297 Å². The molecule has 1 saturated heterocycles. The molecule has 0 aliphatic carbocycles. The molecule has 0 radical (unpaired) electrons. The van der Waals surface area contributed by atoms with Gasteiger partial charge in [0.1, 0.15) is 23.2 Å². The lowest BCUT2D eigenvalue weighted by molar-refractivity contribution is -0.304. The minimum absolute atomic E-state index is 0.0183. The van der Waals surface area contributed by atoms with Crippen molar-refractivity contribution < 1.29 is 68.1 Å². The number of hydrogen-bond acceptors (Lipinski definition) is 13. The SMILES string of the molecule is CO[C@@H]1[C@@H](OC(N)=O)[C@@H](O)[C@H](Oc2ccc3c(O)c(NC(=O)c4ccc(O)c(CC=C(C)C)c4)c(=O)oc3c2C)OC1(C)C.O=C(O)CCC(=O)O. The summed E-state index contributed by atoms with van der Waals surface area (Å²) in [6, 6.07) is 7.12. The van der Waals surface area contributed by atoms with E-state index in [0.29, 0.717) is 12.0 Å². The van der Waals surface area contributed by atoms with Gasteiger partial charge in [0.2, 0.25) is 6.29 Å². The molecule has 8 N–H and O–H groups in total. The second-order valence-corrected chi connectivity index (χ2v) is 12.5. The number of rotatable bonds is 11. The lowest BCUT2D eigenvalue weighted by Gasteiger charge is -2.47. The molecule has 17 nitrogen and oxygen atoms in total. The minimum atomic E-state index is -1.52. The summed E-state index contributed by atoms with van der Waals surface area (Å²) in [7, 11) is 1.37. The summed E-state index contributed by atoms with van der Waals surface area (Å²) >= 11 is 0. The Morgan fingerprint density at radius 1 is 1.04 bits per heavy atom. The fraction of sp³-hybridized carbons (Fsp3) is 0.400. The Bertz CT molecular complexity index is 1900. The van der Waals surface area contributed by atoms with Crippen LogP contribution in [0.3, 0.4) is 0 Å². The third kappa shape index (κ3) is 9.99. The highest BCUT2D eigenvalue weighted by Crippen LogP contribution is 2.38. The van der Waals surface area contributed by atoms with Gasteiger partial charge in [-0.1, -0.05) is 11.6 Å². The van der Waals surface area contributed by atoms with Gasteiger partial charge in [-0.25, -0.2) is 9.59 Å². The average molecular weight is 731 g/mol. The van der Waals surface area contributed by atoms with Crippen LogP contribution in [-0.4, -0.2) is 86.8 Å². The van der Waals surface area contributed by atoms with E-state index in [2.05, 4.69) is 5.32 Å². The number of aliphatic hydroxyl groups excluding tert-OH is 1. The maximum atomic E-state index is 13.0. The highest BCUT2D eigenvalue weighted by Gasteiger charge is 2.53. The summed E-state index contributed by atoms with van der Waals surface area (Å²) in [4.78, 5) is 56.8. The number of nitrogens with two attached hydrogens (primary N) is 1. The number of carbonyl (C=O) groups excluding carboxylic acids is 2. The van der Waals surface area contributed by atoms with E-state index in [1.165, 1.54) is 37.4 Å². The molecule has 52 heavy (non-hydrogen) atoms. The summed E-state index contributed by atoms with van der Waals surface area (Å²) in [6.07, 6.45) is -4.40. The molecular formula is C35H42N2O15. The van der Waals surface area contributed by atoms with Crippen LogP contribution in [0.5, 0.6) is 17.2 Å². The highest BCUT2D eigenvalue weighted by molar-refractivity contribution is 6.06. The van der Waals surface area contributed by atoms with E-state index in [1.807, 2.05) is 19.9 Å². The van der Waals surface area contributed by atoms with Crippen LogP contribution in [0, 0.1) is 6.92 Å². The van der Waals surface area contributed by atoms with Gasteiger partial charge in [0.05, 0.1) is 23.8 Å². The molecule has 0 unspecified atom stereocenters. The zero-order valence-electron chi connectivity index (χ0n) is 29.3. The van der Waals surface area contributed by atoms with Gasteiger partial charge in [0, 0.05) is 18.2 Å². The highest BCUT2D eigenvalue weighted by atomic mass is 16.7. The standard InChI is InChI=1S/C31H36N2O11.C4H6O4/c1-14(2)7-8-16-13-17(9-11-19(16)34)27(37)33-21-22(35)18-10-12-20(15(3)24(18)42-28(21)38)41-29-23(36)25(43-30(32)39)26(40-6)31(4,5)44-29;5-3(6)1-2-4(7)8/h7,9-13,23,25-26,29,34-36H,8H2,1-6H3,(H2,32,39)(H,33,37);1-2H2,(H,5,6)(H,7,8)/t23-,25+,26-,29-;/m1./s1. The molecule has 0 saturated carbocycles. The molecule has 17 heteroatoms. The number of ether oxygens (including phenoxy) is 4. The molecular weight excluding hydrogens is 688 g/mol. The van der Waals surface area contributed by atoms with Crippen molar-refractivity contribution in [3.8, 4) is 17.2 Å². The quantitative estimate of drug-likeness (QED) is 0.110. The summed E-state index contributed by atoms with van der Waals surface area (Å²) in [5.41, 5.74) is 4.54. The van der Waals surface area contributed by atoms with Crippen LogP contribution in [0.15, 0.2) is 51.2 Å². The Balaban J connectivity index is 0.000000815. The molecule has 282 valence electrons. The fourth-order valence-electron chi connectivity index (χ4n) is 5.28. The molecule has 3 aromatic rings. The van der Waals surface area contributed by atoms with Gasteiger partial charge < -0.3 is 59.9 Å². The first-order valence-corrected chi connectivity index (χ1v) is 15.8. The Morgan fingerprint density at radius 3 is 2.23 bits per heavy atom. The van der Waals surface area contributed by atoms with E-state index in [9.17, 15) is 39.3 Å². The molecule has 2 amide bonds. The summed E-state index contributed by atoms with van der Waals surface area (Å²) < 4.78 is 27.9. The number of amides is 2. The van der Waals surface area contributed by atoms with Gasteiger partial charge in [-0.05, 0) is 76.9 Å². The van der Waals surface area contributed by atoms with E-state index < -0.39 is 71.2 Å². The van der Waals surface area contributed by atoms with Gasteiger partial charge in [-0.15, -0.1) is 0 Å². The maximum Gasteiger partial charge on any atom is 0.404 e. The number of aromatic hydroxyl groups is 2. The Hall–Kier alpha value is -5.65. The van der Waals surface area contributed by atoms with Gasteiger partial charge in [-0.2, -0.15) is 0 Å². The number of carboxylic acids is 2. The molecule has 1 fully saturated rings. The first-order valence-electron chi connectivity index (χ1n) is 15.8. The number of fused-ring (bicyclic) bond motifs is 1. The van der Waals surface area contributed by atoms with Crippen molar-refractivity contribution in [2.24, 2.45) is 5.73 Å². The first-order chi connectivity index (χ1) is 24.3. The van der Waals surface area contributed by atoms with Crippen molar-refractivity contribution in [3.63, 3.8) is 0 Å². The number of aliphatic carboxylic acids is 2. The van der Waals surface area contributed by atoms with E-state index in [0.717, 1.165) is 5.57 Å². The number of hydrogen-bond donors (Lipinski definition) is 7. The number of allylic oxidation sites excluding steroid dienone is 2. The van der Waals surface area contributed by atoms with Crippen LogP contribution >= 0.6 is 0 Å². The van der Waals surface area contributed by atoms with Crippen molar-refractivity contribution in [1.29, 1.82) is 0 Å². The molecule has 0 spiro atoms. The largest absolute Gasteiger partial charge is 0.508 e. The molecule has 2 aromatic carbocycles. The number of carbonyl (C=O) groups is 4. The lowest BCUT2D eigenvalue weighted by atomic mass is 9.89. The summed E-state index contributed by atoms with van der Waals surface area (Å²) in [5, 5.41) is 50.4. The molecule has 2 heterocycles. The number of anilines is 1. The Kier molecular flexibility index (Phi) is 13.4. The smallest absolute Gasteiger partial charge is 0.404 e. The van der Waals surface area contributed by atoms with Gasteiger partial charge in [0.25, 0.3) is 5.91 Å². The van der Waals surface area contributed by atoms with Crippen molar-refractivity contribution >= 4 is 40.6 Å². The Morgan fingerprint density at radius 2 is 1.67 bits per heavy atom. The van der Waals surface area contributed by atoms with Gasteiger partial charge in [0.15, 0.2) is 23.6 Å². The normalized spacial score (nSPS) is 19.1. The molecule has 1 aliphatic rings. The van der Waals surface area contributed by atoms with Crippen molar-refractivity contribution in [2.75, 3.05) is 12.4 Å².